The van der Waals surface area contributed by atoms with E-state index in [4.69, 9.17) is 10.7 Å². The van der Waals surface area contributed by atoms with Gasteiger partial charge in [-0.3, -0.25) is 0 Å². The highest BCUT2D eigenvalue weighted by Crippen LogP contribution is 2.42. The molecule has 1 aliphatic rings. The predicted molar refractivity (Wildman–Crippen MR) is 96.7 cm³/mol. The minimum atomic E-state index is 0.307. The molecule has 0 saturated carbocycles. The Morgan fingerprint density at radius 1 is 1.14 bits per heavy atom. The molecule has 0 aliphatic carbocycles. The van der Waals surface area contributed by atoms with E-state index in [1.54, 1.807) is 0 Å². The number of hydrogen-bond acceptors (Lipinski definition) is 5. The fourth-order valence-electron chi connectivity index (χ4n) is 2.31. The maximum atomic E-state index is 6.10. The molecule has 2 N–H and O–H groups in total. The molecule has 2 aromatic rings. The largest absolute Gasteiger partial charge is 0.383 e. The third-order valence-electron chi connectivity index (χ3n) is 3.38. The van der Waals surface area contributed by atoms with Gasteiger partial charge >= 0.3 is 0 Å². The van der Waals surface area contributed by atoms with Crippen molar-refractivity contribution >= 4 is 45.3 Å². The topological polar surface area (TPSA) is 51.8 Å². The van der Waals surface area contributed by atoms with Gasteiger partial charge in [0.2, 0.25) is 0 Å². The summed E-state index contributed by atoms with van der Waals surface area (Å²) in [7, 11) is 0. The lowest BCUT2D eigenvalue weighted by molar-refractivity contribution is 0.826. The molecule has 1 fully saturated rings. The lowest BCUT2D eigenvalue weighted by Gasteiger charge is -2.27. The number of hydrogen-bond donors (Lipinski definition) is 1. The van der Waals surface area contributed by atoms with Gasteiger partial charge in [-0.2, -0.15) is 11.8 Å². The van der Waals surface area contributed by atoms with E-state index in [0.29, 0.717) is 16.3 Å². The van der Waals surface area contributed by atoms with E-state index in [1.807, 2.05) is 53.9 Å². The number of anilines is 1. The summed E-state index contributed by atoms with van der Waals surface area (Å²) in [5, 5.41) is 0.814. The van der Waals surface area contributed by atoms with Crippen LogP contribution in [0.4, 0.5) is 5.82 Å². The van der Waals surface area contributed by atoms with Gasteiger partial charge < -0.3 is 5.73 Å². The second kappa shape index (κ2) is 6.58. The lowest BCUT2D eigenvalue weighted by atomic mass is 10.1. The first-order chi connectivity index (χ1) is 10.2. The molecule has 110 valence electrons. The quantitative estimate of drug-likeness (QED) is 0.835. The van der Waals surface area contributed by atoms with Crippen LogP contribution in [0.1, 0.15) is 18.0 Å². The Bertz CT molecular complexity index is 636. The van der Waals surface area contributed by atoms with E-state index in [0.717, 1.165) is 27.3 Å². The van der Waals surface area contributed by atoms with Gasteiger partial charge in [-0.25, -0.2) is 9.97 Å². The van der Waals surface area contributed by atoms with Crippen LogP contribution in [0.3, 0.4) is 0 Å². The number of rotatable bonds is 2. The fraction of sp³-hybridized carbons (Fsp3) is 0.333. The molecule has 0 amide bonds. The van der Waals surface area contributed by atoms with E-state index in [-0.39, 0.29) is 0 Å². The van der Waals surface area contributed by atoms with Gasteiger partial charge in [0, 0.05) is 22.3 Å². The van der Waals surface area contributed by atoms with Crippen LogP contribution < -0.4 is 5.73 Å². The molecular formula is C15H16BrN3S2. The van der Waals surface area contributed by atoms with Crippen molar-refractivity contribution in [1.82, 2.24) is 9.97 Å². The van der Waals surface area contributed by atoms with Crippen LogP contribution in [0.15, 0.2) is 34.8 Å². The Kier molecular flexibility index (Phi) is 4.76. The van der Waals surface area contributed by atoms with Gasteiger partial charge in [-0.15, -0.1) is 11.8 Å². The van der Waals surface area contributed by atoms with Crippen molar-refractivity contribution in [1.29, 1.82) is 0 Å². The van der Waals surface area contributed by atoms with Gasteiger partial charge in [0.05, 0.1) is 15.4 Å². The first-order valence-corrected chi connectivity index (χ1v) is 9.67. The summed E-state index contributed by atoms with van der Waals surface area (Å²) in [5.74, 6) is 3.70. The highest BCUT2D eigenvalue weighted by atomic mass is 79.9. The average molecular weight is 382 g/mol. The van der Waals surface area contributed by atoms with Crippen molar-refractivity contribution in [2.45, 2.75) is 17.4 Å². The SMILES string of the molecule is CC1SCCSC1c1nc(N)c(Br)c(-c2ccccc2)n1. The molecule has 6 heteroatoms. The van der Waals surface area contributed by atoms with Crippen LogP contribution in [0, 0.1) is 0 Å². The number of benzene rings is 1. The standard InChI is InChI=1S/C15H16BrN3S2/c1-9-13(21-8-7-20-9)15-18-12(11(16)14(17)19-15)10-5-3-2-4-6-10/h2-6,9,13H,7-8H2,1H3,(H2,17,18,19). The predicted octanol–water partition coefficient (Wildman–Crippen LogP) is 4.40. The van der Waals surface area contributed by atoms with Crippen LogP contribution in [-0.2, 0) is 0 Å². The van der Waals surface area contributed by atoms with Crippen molar-refractivity contribution in [3.8, 4) is 11.3 Å². The number of nitrogens with zero attached hydrogens (tertiary/aromatic N) is 2. The van der Waals surface area contributed by atoms with Crippen LogP contribution in [0.25, 0.3) is 11.3 Å². The molecule has 2 unspecified atom stereocenters. The summed E-state index contributed by atoms with van der Waals surface area (Å²) in [5.41, 5.74) is 8.03. The Morgan fingerprint density at radius 2 is 1.86 bits per heavy atom. The molecule has 1 aromatic carbocycles. The van der Waals surface area contributed by atoms with Gasteiger partial charge in [-0.05, 0) is 15.9 Å². The third kappa shape index (κ3) is 3.22. The van der Waals surface area contributed by atoms with Crippen molar-refractivity contribution in [2.75, 3.05) is 17.2 Å². The molecular weight excluding hydrogens is 366 g/mol. The number of halogens is 1. The van der Waals surface area contributed by atoms with E-state index in [1.165, 1.54) is 5.75 Å². The number of thioether (sulfide) groups is 2. The van der Waals surface area contributed by atoms with Crippen molar-refractivity contribution in [3.63, 3.8) is 0 Å². The van der Waals surface area contributed by atoms with Crippen LogP contribution in [0.5, 0.6) is 0 Å². The summed E-state index contributed by atoms with van der Waals surface area (Å²) in [4.78, 5) is 9.32. The highest BCUT2D eigenvalue weighted by Gasteiger charge is 2.28. The average Bonchev–Trinajstić information content (AvgIpc) is 2.51. The number of aromatic nitrogens is 2. The molecule has 3 nitrogen and oxygen atoms in total. The minimum Gasteiger partial charge on any atom is -0.383 e. The molecule has 0 bridgehead atoms. The van der Waals surface area contributed by atoms with Crippen molar-refractivity contribution < 1.29 is 0 Å². The first-order valence-electron chi connectivity index (χ1n) is 6.78. The first kappa shape index (κ1) is 15.2. The molecule has 0 radical (unpaired) electrons. The van der Waals surface area contributed by atoms with Crippen LogP contribution in [0.2, 0.25) is 0 Å². The smallest absolute Gasteiger partial charge is 0.145 e. The molecule has 0 spiro atoms. The summed E-state index contributed by atoms with van der Waals surface area (Å²) < 4.78 is 0.776. The second-order valence-electron chi connectivity index (χ2n) is 4.86. The molecule has 2 atom stereocenters. The summed E-state index contributed by atoms with van der Waals surface area (Å²) in [6.07, 6.45) is 0. The monoisotopic (exact) mass is 381 g/mol. The normalized spacial score (nSPS) is 22.2. The zero-order valence-corrected chi connectivity index (χ0v) is 14.8. The second-order valence-corrected chi connectivity index (χ2v) is 8.39. The van der Waals surface area contributed by atoms with Crippen LogP contribution in [-0.4, -0.2) is 26.7 Å². The Labute approximate surface area is 141 Å². The maximum absolute atomic E-state index is 6.10. The Hall–Kier alpha value is -0.720. The maximum Gasteiger partial charge on any atom is 0.145 e. The number of nitrogens with two attached hydrogens (primary N) is 1. The number of nitrogen functional groups attached to an aromatic ring is 1. The Morgan fingerprint density at radius 3 is 2.57 bits per heavy atom. The summed E-state index contributed by atoms with van der Waals surface area (Å²) in [6.45, 7) is 2.24. The molecule has 3 rings (SSSR count). The minimum absolute atomic E-state index is 0.307. The lowest BCUT2D eigenvalue weighted by Crippen LogP contribution is -2.19. The van der Waals surface area contributed by atoms with Crippen molar-refractivity contribution in [2.24, 2.45) is 0 Å². The van der Waals surface area contributed by atoms with Gasteiger partial charge in [-0.1, -0.05) is 37.3 Å². The summed E-state index contributed by atoms with van der Waals surface area (Å²) in [6, 6.07) is 10.1. The van der Waals surface area contributed by atoms with Crippen LogP contribution >= 0.6 is 39.5 Å². The molecule has 2 heterocycles. The highest BCUT2D eigenvalue weighted by molar-refractivity contribution is 9.10. The molecule has 1 saturated heterocycles. The Balaban J connectivity index is 2.05. The molecule has 1 aliphatic heterocycles. The van der Waals surface area contributed by atoms with Crippen molar-refractivity contribution in [3.05, 3.63) is 40.6 Å². The van der Waals surface area contributed by atoms with E-state index in [2.05, 4.69) is 27.8 Å². The van der Waals surface area contributed by atoms with Gasteiger partial charge in [0.15, 0.2) is 0 Å². The third-order valence-corrected chi connectivity index (χ3v) is 7.25. The summed E-state index contributed by atoms with van der Waals surface area (Å²) >= 11 is 7.43. The van der Waals surface area contributed by atoms with E-state index >= 15 is 0 Å². The zero-order valence-electron chi connectivity index (χ0n) is 11.6. The van der Waals surface area contributed by atoms with Gasteiger partial charge in [0.25, 0.3) is 0 Å². The van der Waals surface area contributed by atoms with E-state index < -0.39 is 0 Å². The molecule has 21 heavy (non-hydrogen) atoms. The van der Waals surface area contributed by atoms with E-state index in [9.17, 15) is 0 Å². The zero-order chi connectivity index (χ0) is 14.8. The molecule has 1 aromatic heterocycles. The fourth-order valence-corrected chi connectivity index (χ4v) is 5.41. The van der Waals surface area contributed by atoms with Gasteiger partial charge in [0.1, 0.15) is 11.6 Å².